The third kappa shape index (κ3) is 3.10. The van der Waals surface area contributed by atoms with Crippen LogP contribution in [0.3, 0.4) is 0 Å². The molecule has 1 N–H and O–H groups in total. The van der Waals surface area contributed by atoms with E-state index in [1.54, 1.807) is 7.11 Å². The molecule has 3 nitrogen and oxygen atoms in total. The second-order valence-corrected chi connectivity index (χ2v) is 4.98. The molecule has 0 saturated carbocycles. The zero-order chi connectivity index (χ0) is 13.0. The van der Waals surface area contributed by atoms with Crippen LogP contribution >= 0.6 is 0 Å². The summed E-state index contributed by atoms with van der Waals surface area (Å²) < 4.78 is 5.27. The van der Waals surface area contributed by atoms with E-state index in [9.17, 15) is 4.79 Å². The summed E-state index contributed by atoms with van der Waals surface area (Å²) in [6.07, 6.45) is 4.11. The van der Waals surface area contributed by atoms with Crippen molar-refractivity contribution in [1.82, 2.24) is 5.32 Å². The highest BCUT2D eigenvalue weighted by Crippen LogP contribution is 2.23. The van der Waals surface area contributed by atoms with E-state index in [1.807, 2.05) is 25.1 Å². The Hall–Kier alpha value is -1.35. The number of carbonyl (C=O) groups is 1. The number of aryl methyl sites for hydroxylation is 1. The largest absolute Gasteiger partial charge is 0.496 e. The van der Waals surface area contributed by atoms with Crippen molar-refractivity contribution in [3.63, 3.8) is 0 Å². The SMILES string of the molecule is COc1ccc(C)cc1C(=O)CC1CCCCN1. The van der Waals surface area contributed by atoms with Crippen molar-refractivity contribution in [3.05, 3.63) is 29.3 Å². The van der Waals surface area contributed by atoms with Gasteiger partial charge in [-0.05, 0) is 38.4 Å². The number of Topliss-reactive ketones (excluding diaryl/α,β-unsaturated/α-hetero) is 1. The van der Waals surface area contributed by atoms with Crippen molar-refractivity contribution in [2.45, 2.75) is 38.6 Å². The zero-order valence-corrected chi connectivity index (χ0v) is 11.2. The molecule has 0 bridgehead atoms. The molecule has 0 radical (unpaired) electrons. The van der Waals surface area contributed by atoms with Crippen molar-refractivity contribution in [2.75, 3.05) is 13.7 Å². The third-order valence-corrected chi connectivity index (χ3v) is 3.50. The van der Waals surface area contributed by atoms with E-state index >= 15 is 0 Å². The van der Waals surface area contributed by atoms with Crippen molar-refractivity contribution >= 4 is 5.78 Å². The Morgan fingerprint density at radius 2 is 2.28 bits per heavy atom. The van der Waals surface area contributed by atoms with Gasteiger partial charge < -0.3 is 10.1 Å². The smallest absolute Gasteiger partial charge is 0.168 e. The lowest BCUT2D eigenvalue weighted by Gasteiger charge is -2.23. The molecule has 98 valence electrons. The predicted octanol–water partition coefficient (Wildman–Crippen LogP) is 2.72. The molecule has 18 heavy (non-hydrogen) atoms. The number of rotatable bonds is 4. The molecule has 0 spiro atoms. The fraction of sp³-hybridized carbons (Fsp3) is 0.533. The van der Waals surface area contributed by atoms with Gasteiger partial charge in [0.05, 0.1) is 12.7 Å². The molecule has 1 aromatic carbocycles. The van der Waals surface area contributed by atoms with Gasteiger partial charge in [0.25, 0.3) is 0 Å². The van der Waals surface area contributed by atoms with Gasteiger partial charge in [-0.2, -0.15) is 0 Å². The minimum absolute atomic E-state index is 0.176. The molecule has 1 atom stereocenters. The molecule has 0 amide bonds. The van der Waals surface area contributed by atoms with Crippen LogP contribution in [0.2, 0.25) is 0 Å². The van der Waals surface area contributed by atoms with Crippen molar-refractivity contribution in [2.24, 2.45) is 0 Å². The van der Waals surface area contributed by atoms with Gasteiger partial charge >= 0.3 is 0 Å². The maximum absolute atomic E-state index is 12.3. The molecule has 1 heterocycles. The molecule has 0 aromatic heterocycles. The highest BCUT2D eigenvalue weighted by Gasteiger charge is 2.19. The van der Waals surface area contributed by atoms with E-state index in [0.29, 0.717) is 23.8 Å². The Balaban J connectivity index is 2.09. The number of methoxy groups -OCH3 is 1. The minimum Gasteiger partial charge on any atom is -0.496 e. The topological polar surface area (TPSA) is 38.3 Å². The van der Waals surface area contributed by atoms with E-state index in [4.69, 9.17) is 4.74 Å². The summed E-state index contributed by atoms with van der Waals surface area (Å²) in [6, 6.07) is 6.09. The van der Waals surface area contributed by atoms with Crippen LogP contribution in [0.1, 0.15) is 41.6 Å². The molecular weight excluding hydrogens is 226 g/mol. The summed E-state index contributed by atoms with van der Waals surface area (Å²) in [7, 11) is 1.61. The van der Waals surface area contributed by atoms with Gasteiger partial charge in [0, 0.05) is 12.5 Å². The molecule has 1 unspecified atom stereocenters. The maximum Gasteiger partial charge on any atom is 0.168 e. The number of ketones is 1. The minimum atomic E-state index is 0.176. The Bertz CT molecular complexity index is 423. The monoisotopic (exact) mass is 247 g/mol. The van der Waals surface area contributed by atoms with Gasteiger partial charge in [0.2, 0.25) is 0 Å². The quantitative estimate of drug-likeness (QED) is 0.831. The van der Waals surface area contributed by atoms with Crippen molar-refractivity contribution < 1.29 is 9.53 Å². The normalized spacial score (nSPS) is 19.6. The number of carbonyl (C=O) groups excluding carboxylic acids is 1. The number of ether oxygens (including phenoxy) is 1. The number of nitrogens with one attached hydrogen (secondary N) is 1. The molecular formula is C15H21NO2. The number of hydrogen-bond acceptors (Lipinski definition) is 3. The Morgan fingerprint density at radius 1 is 1.44 bits per heavy atom. The first-order chi connectivity index (χ1) is 8.70. The first-order valence-corrected chi connectivity index (χ1v) is 6.62. The maximum atomic E-state index is 12.3. The molecule has 1 fully saturated rings. The summed E-state index contributed by atoms with van der Waals surface area (Å²) >= 11 is 0. The molecule has 2 rings (SSSR count). The summed E-state index contributed by atoms with van der Waals surface area (Å²) in [5.41, 5.74) is 1.81. The fourth-order valence-electron chi connectivity index (χ4n) is 2.47. The van der Waals surface area contributed by atoms with Crippen molar-refractivity contribution in [1.29, 1.82) is 0 Å². The van der Waals surface area contributed by atoms with Crippen molar-refractivity contribution in [3.8, 4) is 5.75 Å². The highest BCUT2D eigenvalue weighted by atomic mass is 16.5. The van der Waals surface area contributed by atoms with Gasteiger partial charge in [0.1, 0.15) is 5.75 Å². The van der Waals surface area contributed by atoms with E-state index in [2.05, 4.69) is 5.32 Å². The highest BCUT2D eigenvalue weighted by molar-refractivity contribution is 5.99. The van der Waals surface area contributed by atoms with Crippen LogP contribution in [0.4, 0.5) is 0 Å². The molecule has 1 aliphatic rings. The first-order valence-electron chi connectivity index (χ1n) is 6.62. The first kappa shape index (κ1) is 13.1. The summed E-state index contributed by atoms with van der Waals surface area (Å²) in [5.74, 6) is 0.858. The van der Waals surface area contributed by atoms with Crippen LogP contribution in [0.15, 0.2) is 18.2 Å². The lowest BCUT2D eigenvalue weighted by Crippen LogP contribution is -2.35. The van der Waals surface area contributed by atoms with Gasteiger partial charge in [0.15, 0.2) is 5.78 Å². The number of benzene rings is 1. The molecule has 1 aromatic rings. The van der Waals surface area contributed by atoms with Crippen LogP contribution in [0, 0.1) is 6.92 Å². The summed E-state index contributed by atoms with van der Waals surface area (Å²) in [4.78, 5) is 12.3. The average molecular weight is 247 g/mol. The Morgan fingerprint density at radius 3 is 2.94 bits per heavy atom. The van der Waals surface area contributed by atoms with Gasteiger partial charge in [-0.1, -0.05) is 18.1 Å². The number of hydrogen-bond donors (Lipinski definition) is 1. The van der Waals surface area contributed by atoms with Crippen LogP contribution < -0.4 is 10.1 Å². The van der Waals surface area contributed by atoms with E-state index < -0.39 is 0 Å². The lowest BCUT2D eigenvalue weighted by molar-refractivity contribution is 0.0960. The summed E-state index contributed by atoms with van der Waals surface area (Å²) in [6.45, 7) is 3.03. The van der Waals surface area contributed by atoms with Crippen LogP contribution in [0.5, 0.6) is 5.75 Å². The van der Waals surface area contributed by atoms with E-state index in [1.165, 1.54) is 12.8 Å². The lowest BCUT2D eigenvalue weighted by atomic mass is 9.96. The predicted molar refractivity (Wildman–Crippen MR) is 72.3 cm³/mol. The third-order valence-electron chi connectivity index (χ3n) is 3.50. The van der Waals surface area contributed by atoms with Gasteiger partial charge in [-0.25, -0.2) is 0 Å². The van der Waals surface area contributed by atoms with Gasteiger partial charge in [-0.3, -0.25) is 4.79 Å². The summed E-state index contributed by atoms with van der Waals surface area (Å²) in [5, 5.41) is 3.41. The Labute approximate surface area is 109 Å². The van der Waals surface area contributed by atoms with Crippen LogP contribution in [0.25, 0.3) is 0 Å². The second kappa shape index (κ2) is 6.01. The van der Waals surface area contributed by atoms with Gasteiger partial charge in [-0.15, -0.1) is 0 Å². The number of piperidine rings is 1. The molecule has 1 saturated heterocycles. The molecule has 0 aliphatic carbocycles. The Kier molecular flexibility index (Phi) is 4.37. The second-order valence-electron chi connectivity index (χ2n) is 4.98. The van der Waals surface area contributed by atoms with E-state index in [-0.39, 0.29) is 5.78 Å². The van der Waals surface area contributed by atoms with E-state index in [0.717, 1.165) is 18.5 Å². The standard InChI is InChI=1S/C15H21NO2/c1-11-6-7-15(18-2)13(9-11)14(17)10-12-5-3-4-8-16-12/h6-7,9,12,16H,3-5,8,10H2,1-2H3. The van der Waals surface area contributed by atoms with Crippen LogP contribution in [-0.4, -0.2) is 25.5 Å². The molecule has 3 heteroatoms. The fourth-order valence-corrected chi connectivity index (χ4v) is 2.47. The molecule has 1 aliphatic heterocycles. The average Bonchev–Trinajstić information content (AvgIpc) is 2.40. The zero-order valence-electron chi connectivity index (χ0n) is 11.2. The van der Waals surface area contributed by atoms with Crippen LogP contribution in [-0.2, 0) is 0 Å².